The van der Waals surface area contributed by atoms with Gasteiger partial charge in [0.2, 0.25) is 0 Å². The predicted octanol–water partition coefficient (Wildman–Crippen LogP) is 15.8. The summed E-state index contributed by atoms with van der Waals surface area (Å²) in [5.74, 6) is 0. The Morgan fingerprint density at radius 1 is 0.179 bits per heavy atom. The molecule has 260 valence electrons. The summed E-state index contributed by atoms with van der Waals surface area (Å²) in [6, 6.07) is 80.5. The first kappa shape index (κ1) is 32.2. The van der Waals surface area contributed by atoms with Crippen molar-refractivity contribution in [2.75, 3.05) is 0 Å². The Morgan fingerprint density at radius 3 is 1.29 bits per heavy atom. The molecule has 0 bridgehead atoms. The van der Waals surface area contributed by atoms with Crippen LogP contribution >= 0.6 is 0 Å². The SMILES string of the molecule is c1cc(-c2ccc3ccccc3c2)cc(-c2c3ccccc3c(-c3ccc(-c4cccc5ccccc45)cc3)c3cc(-c4ccc5ccccc5c4)ccc23)c1. The van der Waals surface area contributed by atoms with Crippen molar-refractivity contribution < 1.29 is 0 Å². The van der Waals surface area contributed by atoms with Gasteiger partial charge in [-0.15, -0.1) is 0 Å². The Kier molecular flexibility index (Phi) is 7.60. The zero-order chi connectivity index (χ0) is 37.0. The van der Waals surface area contributed by atoms with E-state index >= 15 is 0 Å². The van der Waals surface area contributed by atoms with Crippen LogP contribution < -0.4 is 0 Å². The number of benzene rings is 11. The lowest BCUT2D eigenvalue weighted by Crippen LogP contribution is -1.92. The maximum Gasteiger partial charge on any atom is -0.00261 e. The van der Waals surface area contributed by atoms with E-state index in [1.807, 2.05) is 0 Å². The molecule has 0 amide bonds. The molecule has 0 fully saturated rings. The molecule has 0 atom stereocenters. The Hall–Kier alpha value is -7.28. The maximum atomic E-state index is 2.43. The average Bonchev–Trinajstić information content (AvgIpc) is 3.27. The third kappa shape index (κ3) is 5.46. The molecule has 0 aliphatic rings. The van der Waals surface area contributed by atoms with Gasteiger partial charge in [0.15, 0.2) is 0 Å². The predicted molar refractivity (Wildman–Crippen MR) is 241 cm³/mol. The van der Waals surface area contributed by atoms with Crippen molar-refractivity contribution in [1.29, 1.82) is 0 Å². The molecule has 0 spiro atoms. The van der Waals surface area contributed by atoms with Gasteiger partial charge in [-0.25, -0.2) is 0 Å². The van der Waals surface area contributed by atoms with Crippen LogP contribution in [-0.4, -0.2) is 0 Å². The second-order valence-electron chi connectivity index (χ2n) is 14.9. The highest BCUT2D eigenvalue weighted by atomic mass is 14.2. The minimum atomic E-state index is 1.21. The molecule has 0 saturated heterocycles. The van der Waals surface area contributed by atoms with E-state index in [1.54, 1.807) is 0 Å². The second kappa shape index (κ2) is 13.2. The van der Waals surface area contributed by atoms with Crippen molar-refractivity contribution in [1.82, 2.24) is 0 Å². The smallest absolute Gasteiger partial charge is 0.00261 e. The third-order valence-electron chi connectivity index (χ3n) is 11.6. The number of hydrogen-bond acceptors (Lipinski definition) is 0. The summed E-state index contributed by atoms with van der Waals surface area (Å²) in [7, 11) is 0. The van der Waals surface area contributed by atoms with Gasteiger partial charge in [-0.05, 0) is 134 Å². The fraction of sp³-hybridized carbons (Fsp3) is 0. The Bertz CT molecular complexity index is 3290. The molecule has 0 radical (unpaired) electrons. The summed E-state index contributed by atoms with van der Waals surface area (Å²) in [5, 5.41) is 12.5. The lowest BCUT2D eigenvalue weighted by molar-refractivity contribution is 1.61. The van der Waals surface area contributed by atoms with Crippen LogP contribution in [0.25, 0.3) is 109 Å². The van der Waals surface area contributed by atoms with E-state index in [4.69, 9.17) is 0 Å². The fourth-order valence-electron chi connectivity index (χ4n) is 8.87. The van der Waals surface area contributed by atoms with Gasteiger partial charge in [-0.3, -0.25) is 0 Å². The highest BCUT2D eigenvalue weighted by Gasteiger charge is 2.18. The number of hydrogen-bond donors (Lipinski definition) is 0. The molecule has 0 aliphatic heterocycles. The van der Waals surface area contributed by atoms with E-state index in [-0.39, 0.29) is 0 Å². The first-order valence-electron chi connectivity index (χ1n) is 19.4. The Balaban J connectivity index is 1.14. The molecular formula is C56H36. The van der Waals surface area contributed by atoms with E-state index in [2.05, 4.69) is 218 Å². The van der Waals surface area contributed by atoms with Gasteiger partial charge in [0.1, 0.15) is 0 Å². The highest BCUT2D eigenvalue weighted by Crippen LogP contribution is 2.46. The fourth-order valence-corrected chi connectivity index (χ4v) is 8.87. The van der Waals surface area contributed by atoms with Crippen LogP contribution in [0.5, 0.6) is 0 Å². The summed E-state index contributed by atoms with van der Waals surface area (Å²) in [6.45, 7) is 0. The van der Waals surface area contributed by atoms with Crippen LogP contribution in [0, 0.1) is 0 Å². The minimum absolute atomic E-state index is 1.21. The summed E-state index contributed by atoms with van der Waals surface area (Å²) < 4.78 is 0. The highest BCUT2D eigenvalue weighted by molar-refractivity contribution is 6.22. The van der Waals surface area contributed by atoms with Gasteiger partial charge in [-0.2, -0.15) is 0 Å². The van der Waals surface area contributed by atoms with E-state index < -0.39 is 0 Å². The molecule has 0 N–H and O–H groups in total. The van der Waals surface area contributed by atoms with Crippen LogP contribution in [0.3, 0.4) is 0 Å². The average molecular weight is 709 g/mol. The summed E-state index contributed by atoms with van der Waals surface area (Å²) in [5.41, 5.74) is 12.3. The lowest BCUT2D eigenvalue weighted by Gasteiger charge is -2.19. The van der Waals surface area contributed by atoms with Crippen LogP contribution in [0.4, 0.5) is 0 Å². The van der Waals surface area contributed by atoms with Gasteiger partial charge in [0, 0.05) is 0 Å². The van der Waals surface area contributed by atoms with Crippen LogP contribution in [-0.2, 0) is 0 Å². The number of rotatable bonds is 5. The van der Waals surface area contributed by atoms with Crippen LogP contribution in [0.2, 0.25) is 0 Å². The van der Waals surface area contributed by atoms with Gasteiger partial charge in [0.05, 0.1) is 0 Å². The zero-order valence-electron chi connectivity index (χ0n) is 30.8. The Labute approximate surface area is 326 Å². The van der Waals surface area contributed by atoms with E-state index in [9.17, 15) is 0 Å². The molecule has 0 aliphatic carbocycles. The number of fused-ring (bicyclic) bond motifs is 5. The minimum Gasteiger partial charge on any atom is -0.0616 e. The van der Waals surface area contributed by atoms with Crippen LogP contribution in [0.1, 0.15) is 0 Å². The third-order valence-corrected chi connectivity index (χ3v) is 11.6. The van der Waals surface area contributed by atoms with Crippen LogP contribution in [0.15, 0.2) is 218 Å². The first-order valence-corrected chi connectivity index (χ1v) is 19.4. The van der Waals surface area contributed by atoms with Gasteiger partial charge in [-0.1, -0.05) is 194 Å². The standard InChI is InChI=1S/C56H36/c1-3-14-42-33-45(29-23-37(42)11-1)44-17-9-18-48(35-44)56-52-21-8-7-20-51(52)55(41-27-25-40(26-28-41)50-22-10-16-39-13-5-6-19-49(39)50)54-36-47(31-32-53(54)56)46-30-24-38-12-2-4-15-43(38)34-46/h1-36H. The quantitative estimate of drug-likeness (QED) is 0.156. The van der Waals surface area contributed by atoms with Crippen molar-refractivity contribution in [2.45, 2.75) is 0 Å². The van der Waals surface area contributed by atoms with Crippen molar-refractivity contribution in [2.24, 2.45) is 0 Å². The summed E-state index contributed by atoms with van der Waals surface area (Å²) >= 11 is 0. The molecular weight excluding hydrogens is 673 g/mol. The largest absolute Gasteiger partial charge is 0.0616 e. The van der Waals surface area contributed by atoms with Crippen molar-refractivity contribution in [3.05, 3.63) is 218 Å². The molecule has 0 nitrogen and oxygen atoms in total. The van der Waals surface area contributed by atoms with Gasteiger partial charge < -0.3 is 0 Å². The zero-order valence-corrected chi connectivity index (χ0v) is 30.8. The molecule has 0 aromatic heterocycles. The molecule has 11 aromatic rings. The molecule has 11 aromatic carbocycles. The molecule has 0 saturated carbocycles. The van der Waals surface area contributed by atoms with E-state index in [0.29, 0.717) is 0 Å². The van der Waals surface area contributed by atoms with E-state index in [1.165, 1.54) is 109 Å². The summed E-state index contributed by atoms with van der Waals surface area (Å²) in [6.07, 6.45) is 0. The molecule has 0 heterocycles. The molecule has 0 heteroatoms. The molecule has 11 rings (SSSR count). The van der Waals surface area contributed by atoms with Crippen molar-refractivity contribution in [3.63, 3.8) is 0 Å². The lowest BCUT2D eigenvalue weighted by atomic mass is 9.84. The molecule has 0 unspecified atom stereocenters. The van der Waals surface area contributed by atoms with Gasteiger partial charge in [0.25, 0.3) is 0 Å². The second-order valence-corrected chi connectivity index (χ2v) is 14.9. The molecule has 56 heavy (non-hydrogen) atoms. The Morgan fingerprint density at radius 2 is 0.607 bits per heavy atom. The van der Waals surface area contributed by atoms with E-state index in [0.717, 1.165) is 0 Å². The normalized spacial score (nSPS) is 11.6. The first-order chi connectivity index (χ1) is 27.7. The summed E-state index contributed by atoms with van der Waals surface area (Å²) in [4.78, 5) is 0. The maximum absolute atomic E-state index is 2.43. The van der Waals surface area contributed by atoms with Gasteiger partial charge >= 0.3 is 0 Å². The van der Waals surface area contributed by atoms with Crippen molar-refractivity contribution in [3.8, 4) is 55.6 Å². The topological polar surface area (TPSA) is 0 Å². The monoisotopic (exact) mass is 708 g/mol. The van der Waals surface area contributed by atoms with Crippen molar-refractivity contribution >= 4 is 53.9 Å².